The molecule has 0 aliphatic carbocycles. The highest BCUT2D eigenvalue weighted by molar-refractivity contribution is 6.31. The van der Waals surface area contributed by atoms with Crippen LogP contribution in [0.4, 0.5) is 14.9 Å². The number of carbonyl (C=O) groups is 3. The number of carbonyl (C=O) groups excluding carboxylic acids is 3. The molecule has 3 amide bonds. The van der Waals surface area contributed by atoms with Gasteiger partial charge in [0.15, 0.2) is 0 Å². The van der Waals surface area contributed by atoms with Gasteiger partial charge in [-0.05, 0) is 67.3 Å². The molecule has 0 bridgehead atoms. The Morgan fingerprint density at radius 3 is 2.46 bits per heavy atom. The number of nitrogens with one attached hydrogen (secondary N) is 1. The lowest BCUT2D eigenvalue weighted by molar-refractivity contribution is 0.0602. The Balaban J connectivity index is 1.59. The second kappa shape index (κ2) is 8.81. The number of imide groups is 1. The molecule has 0 saturated heterocycles. The molecule has 0 atom stereocenters. The summed E-state index contributed by atoms with van der Waals surface area (Å²) >= 11 is 0. The van der Waals surface area contributed by atoms with Gasteiger partial charge in [0.1, 0.15) is 11.6 Å². The van der Waals surface area contributed by atoms with Gasteiger partial charge in [-0.2, -0.15) is 0 Å². The normalized spacial score (nSPS) is 13.1. The number of fused-ring (bicyclic) bond motifs is 2. The number of rotatable bonds is 5. The zero-order valence-corrected chi connectivity index (χ0v) is 19.2. The molecule has 1 N–H and O–H groups in total. The van der Waals surface area contributed by atoms with Gasteiger partial charge in [0.05, 0.1) is 11.3 Å². The van der Waals surface area contributed by atoms with Crippen LogP contribution >= 0.6 is 0 Å². The minimum Gasteiger partial charge on any atom is -0.410 e. The van der Waals surface area contributed by atoms with E-state index in [1.807, 2.05) is 31.1 Å². The second-order valence-corrected chi connectivity index (χ2v) is 8.59. The summed E-state index contributed by atoms with van der Waals surface area (Å²) in [4.78, 5) is 42.5. The standard InChI is InChI=1S/C27H22FN3O4/c1-30(2)13-14-31-25(32)20-7-3-5-16-15-21-19(24(23(16)20)26(31)33)6-4-8-22(21)29-27(34)35-18-11-9-17(28)10-12-18/h3-12,15H,13-14H2,1-2H3,(H,29,34). The number of hydrogen-bond acceptors (Lipinski definition) is 5. The molecule has 35 heavy (non-hydrogen) atoms. The van der Waals surface area contributed by atoms with Crippen molar-refractivity contribution in [3.05, 3.63) is 83.7 Å². The third-order valence-electron chi connectivity index (χ3n) is 5.99. The lowest BCUT2D eigenvalue weighted by Gasteiger charge is -2.29. The monoisotopic (exact) mass is 471 g/mol. The van der Waals surface area contributed by atoms with Crippen LogP contribution in [0.1, 0.15) is 20.7 Å². The Kier molecular flexibility index (Phi) is 5.66. The summed E-state index contributed by atoms with van der Waals surface area (Å²) in [5.74, 6) is -0.919. The van der Waals surface area contributed by atoms with Crippen molar-refractivity contribution in [3.63, 3.8) is 0 Å². The molecule has 0 aromatic heterocycles. The number of nitrogens with zero attached hydrogens (tertiary/aromatic N) is 2. The minimum absolute atomic E-state index is 0.194. The number of halogens is 1. The highest BCUT2D eigenvalue weighted by Crippen LogP contribution is 2.38. The van der Waals surface area contributed by atoms with Gasteiger partial charge in [0.25, 0.3) is 11.8 Å². The average Bonchev–Trinajstić information content (AvgIpc) is 2.83. The summed E-state index contributed by atoms with van der Waals surface area (Å²) in [7, 11) is 3.76. The first-order valence-electron chi connectivity index (χ1n) is 11.1. The maximum absolute atomic E-state index is 13.6. The van der Waals surface area contributed by atoms with E-state index in [1.165, 1.54) is 29.2 Å². The van der Waals surface area contributed by atoms with Crippen LogP contribution < -0.4 is 10.1 Å². The van der Waals surface area contributed by atoms with Gasteiger partial charge < -0.3 is 9.64 Å². The van der Waals surface area contributed by atoms with Crippen molar-refractivity contribution < 1.29 is 23.5 Å². The lowest BCUT2D eigenvalue weighted by atomic mass is 9.89. The molecule has 5 rings (SSSR count). The SMILES string of the molecule is CN(C)CCN1C(=O)c2cccc3cc4c(NC(=O)Oc5ccc(F)cc5)cccc4c(c23)C1=O. The van der Waals surface area contributed by atoms with Crippen molar-refractivity contribution in [1.82, 2.24) is 9.80 Å². The summed E-state index contributed by atoms with van der Waals surface area (Å²) < 4.78 is 18.4. The molecule has 1 aliphatic rings. The third kappa shape index (κ3) is 4.08. The van der Waals surface area contributed by atoms with Gasteiger partial charge in [0.2, 0.25) is 0 Å². The van der Waals surface area contributed by atoms with E-state index in [4.69, 9.17) is 4.74 Å². The molecule has 1 aliphatic heterocycles. The van der Waals surface area contributed by atoms with E-state index >= 15 is 0 Å². The predicted octanol–water partition coefficient (Wildman–Crippen LogP) is 4.90. The highest BCUT2D eigenvalue weighted by Gasteiger charge is 2.34. The first kappa shape index (κ1) is 22.5. The molecule has 0 spiro atoms. The van der Waals surface area contributed by atoms with E-state index in [9.17, 15) is 18.8 Å². The fourth-order valence-corrected chi connectivity index (χ4v) is 4.33. The third-order valence-corrected chi connectivity index (χ3v) is 5.99. The summed E-state index contributed by atoms with van der Waals surface area (Å²) in [5, 5.41) is 5.31. The van der Waals surface area contributed by atoms with E-state index in [0.29, 0.717) is 39.5 Å². The van der Waals surface area contributed by atoms with E-state index < -0.39 is 11.9 Å². The maximum Gasteiger partial charge on any atom is 0.417 e. The van der Waals surface area contributed by atoms with Gasteiger partial charge >= 0.3 is 6.09 Å². The minimum atomic E-state index is -0.749. The van der Waals surface area contributed by atoms with Crippen LogP contribution in [0, 0.1) is 5.82 Å². The molecular formula is C27H22FN3O4. The van der Waals surface area contributed by atoms with E-state index in [-0.39, 0.29) is 24.1 Å². The van der Waals surface area contributed by atoms with E-state index in [0.717, 1.165) is 5.39 Å². The van der Waals surface area contributed by atoms with Crippen LogP contribution in [0.3, 0.4) is 0 Å². The van der Waals surface area contributed by atoms with Gasteiger partial charge in [-0.1, -0.05) is 24.3 Å². The Morgan fingerprint density at radius 1 is 0.971 bits per heavy atom. The topological polar surface area (TPSA) is 78.9 Å². The molecule has 1 heterocycles. The van der Waals surface area contributed by atoms with Crippen LogP contribution in [-0.4, -0.2) is 54.9 Å². The molecule has 0 radical (unpaired) electrons. The zero-order chi connectivity index (χ0) is 24.7. The molecule has 176 valence electrons. The summed E-state index contributed by atoms with van der Waals surface area (Å²) in [6, 6.07) is 17.6. The maximum atomic E-state index is 13.6. The van der Waals surface area contributed by atoms with Crippen molar-refractivity contribution in [2.24, 2.45) is 0 Å². The quantitative estimate of drug-likeness (QED) is 0.331. The smallest absolute Gasteiger partial charge is 0.410 e. The largest absolute Gasteiger partial charge is 0.417 e. The molecule has 0 fully saturated rings. The van der Waals surface area contributed by atoms with Crippen LogP contribution in [0.2, 0.25) is 0 Å². The van der Waals surface area contributed by atoms with Gasteiger partial charge in [-0.15, -0.1) is 0 Å². The predicted molar refractivity (Wildman–Crippen MR) is 131 cm³/mol. The zero-order valence-electron chi connectivity index (χ0n) is 19.2. The Labute approximate surface area is 200 Å². The Bertz CT molecular complexity index is 1500. The van der Waals surface area contributed by atoms with Crippen LogP contribution in [0.15, 0.2) is 66.7 Å². The number of ether oxygens (including phenoxy) is 1. The van der Waals surface area contributed by atoms with Crippen LogP contribution in [0.25, 0.3) is 21.5 Å². The number of amides is 3. The molecule has 0 saturated carbocycles. The summed E-state index contributed by atoms with van der Waals surface area (Å²) in [6.45, 7) is 0.800. The highest BCUT2D eigenvalue weighted by atomic mass is 19.1. The van der Waals surface area contributed by atoms with Crippen molar-refractivity contribution in [3.8, 4) is 5.75 Å². The van der Waals surface area contributed by atoms with E-state index in [1.54, 1.807) is 30.3 Å². The molecule has 8 heteroatoms. The molecule has 0 unspecified atom stereocenters. The number of likely N-dealkylation sites (N-methyl/N-ethyl adjacent to an activating group) is 1. The molecule has 4 aromatic carbocycles. The van der Waals surface area contributed by atoms with Crippen molar-refractivity contribution in [2.75, 3.05) is 32.5 Å². The van der Waals surface area contributed by atoms with Crippen molar-refractivity contribution >= 4 is 45.1 Å². The number of benzene rings is 4. The second-order valence-electron chi connectivity index (χ2n) is 8.59. The van der Waals surface area contributed by atoms with Gasteiger partial charge in [-0.3, -0.25) is 19.8 Å². The van der Waals surface area contributed by atoms with Crippen molar-refractivity contribution in [2.45, 2.75) is 0 Å². The van der Waals surface area contributed by atoms with Crippen LogP contribution in [0.5, 0.6) is 5.75 Å². The van der Waals surface area contributed by atoms with Crippen molar-refractivity contribution in [1.29, 1.82) is 0 Å². The lowest BCUT2D eigenvalue weighted by Crippen LogP contribution is -2.43. The summed E-state index contributed by atoms with van der Waals surface area (Å²) in [6.07, 6.45) is -0.749. The fraction of sp³-hybridized carbons (Fsp3) is 0.148. The van der Waals surface area contributed by atoms with E-state index in [2.05, 4.69) is 5.32 Å². The fourth-order valence-electron chi connectivity index (χ4n) is 4.33. The average molecular weight is 471 g/mol. The molecule has 7 nitrogen and oxygen atoms in total. The summed E-state index contributed by atoms with van der Waals surface area (Å²) in [5.41, 5.74) is 1.36. The first-order chi connectivity index (χ1) is 16.8. The number of hydrogen-bond donors (Lipinski definition) is 1. The van der Waals surface area contributed by atoms with Crippen LogP contribution in [-0.2, 0) is 0 Å². The number of anilines is 1. The first-order valence-corrected chi connectivity index (χ1v) is 11.1. The molecule has 4 aromatic rings. The Hall–Kier alpha value is -4.30. The van der Waals surface area contributed by atoms with Gasteiger partial charge in [0, 0.05) is 29.4 Å². The molecular weight excluding hydrogens is 449 g/mol. The van der Waals surface area contributed by atoms with Gasteiger partial charge in [-0.25, -0.2) is 9.18 Å². The Morgan fingerprint density at radius 2 is 1.71 bits per heavy atom.